The molecule has 1 aliphatic heterocycles. The summed E-state index contributed by atoms with van der Waals surface area (Å²) in [5, 5.41) is 10.9. The van der Waals surface area contributed by atoms with Crippen LogP contribution in [0, 0.1) is 11.8 Å². The number of benzene rings is 1. The summed E-state index contributed by atoms with van der Waals surface area (Å²) in [5.74, 6) is 0.901. The summed E-state index contributed by atoms with van der Waals surface area (Å²) in [7, 11) is 1.66. The first kappa shape index (κ1) is 18.4. The molecule has 1 saturated carbocycles. The zero-order valence-electron chi connectivity index (χ0n) is 16.6. The van der Waals surface area contributed by atoms with E-state index in [0.717, 1.165) is 11.3 Å². The SMILES string of the molecule is CC1C2c3nccnc3N(C)C(=O)[C@@H](NC(=O)c3nnc(Cc4ccccc4)[nH]3)C12. The zero-order valence-corrected chi connectivity index (χ0v) is 16.6. The van der Waals surface area contributed by atoms with Crippen molar-refractivity contribution in [3.63, 3.8) is 0 Å². The van der Waals surface area contributed by atoms with Gasteiger partial charge in [0, 0.05) is 37.7 Å². The van der Waals surface area contributed by atoms with Gasteiger partial charge in [0.2, 0.25) is 5.82 Å². The number of anilines is 1. The van der Waals surface area contributed by atoms with Gasteiger partial charge in [-0.15, -0.1) is 10.2 Å². The van der Waals surface area contributed by atoms with E-state index in [2.05, 4.69) is 37.4 Å². The van der Waals surface area contributed by atoms with Crippen LogP contribution in [-0.4, -0.2) is 50.1 Å². The minimum absolute atomic E-state index is 0.0199. The fourth-order valence-corrected chi connectivity index (χ4v) is 4.38. The lowest BCUT2D eigenvalue weighted by molar-refractivity contribution is -0.120. The van der Waals surface area contributed by atoms with Gasteiger partial charge < -0.3 is 10.3 Å². The summed E-state index contributed by atoms with van der Waals surface area (Å²) >= 11 is 0. The second kappa shape index (κ2) is 7.01. The van der Waals surface area contributed by atoms with Crippen molar-refractivity contribution in [2.24, 2.45) is 11.8 Å². The van der Waals surface area contributed by atoms with Crippen LogP contribution in [0.2, 0.25) is 0 Å². The molecule has 3 heterocycles. The van der Waals surface area contributed by atoms with Crippen LogP contribution in [-0.2, 0) is 11.2 Å². The van der Waals surface area contributed by atoms with Gasteiger partial charge in [-0.3, -0.25) is 19.5 Å². The standard InChI is InChI=1S/C21H21N7O2/c1-11-14-15(11)17(21(30)28(2)19-16(14)22-8-9-23-19)25-20(29)18-24-13(26-27-18)10-12-6-4-3-5-7-12/h3-9,11,14-15,17H,10H2,1-2H3,(H,25,29)(H,24,26,27)/t11?,14?,15?,17-/m0/s1. The van der Waals surface area contributed by atoms with Crippen LogP contribution in [0.3, 0.4) is 0 Å². The maximum absolute atomic E-state index is 13.1. The fourth-order valence-electron chi connectivity index (χ4n) is 4.38. The van der Waals surface area contributed by atoms with E-state index < -0.39 is 11.9 Å². The molecule has 30 heavy (non-hydrogen) atoms. The molecule has 1 aliphatic carbocycles. The third-order valence-corrected chi connectivity index (χ3v) is 6.02. The van der Waals surface area contributed by atoms with Crippen molar-refractivity contribution in [1.29, 1.82) is 0 Å². The average molecular weight is 403 g/mol. The number of carbonyl (C=O) groups is 2. The first-order valence-corrected chi connectivity index (χ1v) is 9.89. The monoisotopic (exact) mass is 403 g/mol. The molecule has 1 fully saturated rings. The Morgan fingerprint density at radius 2 is 1.93 bits per heavy atom. The van der Waals surface area contributed by atoms with Gasteiger partial charge >= 0.3 is 0 Å². The highest BCUT2D eigenvalue weighted by Gasteiger charge is 2.59. The molecule has 3 aromatic rings. The zero-order chi connectivity index (χ0) is 20.8. The number of carbonyl (C=O) groups excluding carboxylic acids is 2. The normalized spacial score (nSPS) is 24.6. The second-order valence-electron chi connectivity index (χ2n) is 7.86. The van der Waals surface area contributed by atoms with Crippen molar-refractivity contribution in [2.75, 3.05) is 11.9 Å². The van der Waals surface area contributed by atoms with Gasteiger partial charge in [-0.25, -0.2) is 4.98 Å². The number of nitrogens with one attached hydrogen (secondary N) is 2. The third kappa shape index (κ3) is 3.02. The fraction of sp³-hybridized carbons (Fsp3) is 0.333. The number of aromatic nitrogens is 5. The molecule has 3 unspecified atom stereocenters. The first-order valence-electron chi connectivity index (χ1n) is 9.89. The van der Waals surface area contributed by atoms with Gasteiger partial charge in [-0.1, -0.05) is 37.3 Å². The Bertz CT molecular complexity index is 1110. The molecule has 1 aromatic carbocycles. The van der Waals surface area contributed by atoms with Crippen molar-refractivity contribution in [2.45, 2.75) is 25.3 Å². The molecule has 152 valence electrons. The molecule has 0 radical (unpaired) electrons. The van der Waals surface area contributed by atoms with Gasteiger partial charge in [0.25, 0.3) is 11.8 Å². The molecule has 0 saturated heterocycles. The number of fused-ring (bicyclic) bond motifs is 3. The summed E-state index contributed by atoms with van der Waals surface area (Å²) in [6.45, 7) is 2.07. The Morgan fingerprint density at radius 3 is 2.73 bits per heavy atom. The summed E-state index contributed by atoms with van der Waals surface area (Å²) in [5.41, 5.74) is 1.88. The number of hydrogen-bond donors (Lipinski definition) is 2. The molecular formula is C21H21N7O2. The Hall–Kier alpha value is -3.62. The van der Waals surface area contributed by atoms with Crippen LogP contribution in [0.15, 0.2) is 42.7 Å². The lowest BCUT2D eigenvalue weighted by Gasteiger charge is -2.22. The van der Waals surface area contributed by atoms with E-state index in [1.165, 1.54) is 4.90 Å². The minimum atomic E-state index is -0.666. The van der Waals surface area contributed by atoms with Crippen LogP contribution < -0.4 is 10.2 Å². The molecule has 9 nitrogen and oxygen atoms in total. The van der Waals surface area contributed by atoms with Gasteiger partial charge in [-0.05, 0) is 11.5 Å². The van der Waals surface area contributed by atoms with Crippen molar-refractivity contribution < 1.29 is 9.59 Å². The highest BCUT2D eigenvalue weighted by Crippen LogP contribution is 2.58. The summed E-state index contributed by atoms with van der Waals surface area (Å²) in [6.07, 6.45) is 3.76. The summed E-state index contributed by atoms with van der Waals surface area (Å²) in [4.78, 5) is 39.2. The summed E-state index contributed by atoms with van der Waals surface area (Å²) < 4.78 is 0. The van der Waals surface area contributed by atoms with Crippen LogP contribution in [0.25, 0.3) is 0 Å². The number of likely N-dealkylation sites (N-methyl/N-ethyl adjacent to an activating group) is 1. The molecule has 2 amide bonds. The van der Waals surface area contributed by atoms with Crippen molar-refractivity contribution >= 4 is 17.6 Å². The molecule has 4 atom stereocenters. The van der Waals surface area contributed by atoms with Crippen molar-refractivity contribution in [1.82, 2.24) is 30.5 Å². The summed E-state index contributed by atoms with van der Waals surface area (Å²) in [6, 6.07) is 9.14. The van der Waals surface area contributed by atoms with Crippen LogP contribution in [0.5, 0.6) is 0 Å². The van der Waals surface area contributed by atoms with E-state index in [1.807, 2.05) is 30.3 Å². The minimum Gasteiger partial charge on any atom is -0.337 e. The predicted octanol–water partition coefficient (Wildman–Crippen LogP) is 1.31. The van der Waals surface area contributed by atoms with Crippen molar-refractivity contribution in [3.8, 4) is 0 Å². The van der Waals surface area contributed by atoms with Gasteiger partial charge in [0.05, 0.1) is 5.69 Å². The molecule has 2 aromatic heterocycles. The quantitative estimate of drug-likeness (QED) is 0.678. The van der Waals surface area contributed by atoms with Crippen LogP contribution in [0.4, 0.5) is 5.82 Å². The Balaban J connectivity index is 1.35. The van der Waals surface area contributed by atoms with E-state index in [1.54, 1.807) is 19.4 Å². The lowest BCUT2D eigenvalue weighted by atomic mass is 10.1. The second-order valence-corrected chi connectivity index (χ2v) is 7.86. The molecular weight excluding hydrogens is 382 g/mol. The van der Waals surface area contributed by atoms with Crippen LogP contribution in [0.1, 0.15) is 40.5 Å². The highest BCUT2D eigenvalue weighted by atomic mass is 16.2. The van der Waals surface area contributed by atoms with Crippen molar-refractivity contribution in [3.05, 3.63) is 65.6 Å². The van der Waals surface area contributed by atoms with E-state index in [0.29, 0.717) is 18.1 Å². The molecule has 0 spiro atoms. The van der Waals surface area contributed by atoms with Gasteiger partial charge in [0.1, 0.15) is 11.9 Å². The Kier molecular flexibility index (Phi) is 4.30. The molecule has 2 aliphatic rings. The number of amides is 2. The number of rotatable bonds is 4. The molecule has 2 N–H and O–H groups in total. The van der Waals surface area contributed by atoms with Crippen LogP contribution >= 0.6 is 0 Å². The van der Waals surface area contributed by atoms with Gasteiger partial charge in [-0.2, -0.15) is 0 Å². The predicted molar refractivity (Wildman–Crippen MR) is 108 cm³/mol. The number of hydrogen-bond acceptors (Lipinski definition) is 6. The number of aromatic amines is 1. The molecule has 5 rings (SSSR count). The van der Waals surface area contributed by atoms with E-state index in [9.17, 15) is 9.59 Å². The maximum atomic E-state index is 13.1. The molecule has 0 bridgehead atoms. The first-order chi connectivity index (χ1) is 14.5. The number of H-pyrrole nitrogens is 1. The van der Waals surface area contributed by atoms with E-state index in [4.69, 9.17) is 0 Å². The smallest absolute Gasteiger partial charge is 0.289 e. The highest BCUT2D eigenvalue weighted by molar-refractivity contribution is 6.02. The van der Waals surface area contributed by atoms with E-state index in [-0.39, 0.29) is 29.5 Å². The lowest BCUT2D eigenvalue weighted by Crippen LogP contribution is -2.49. The van der Waals surface area contributed by atoms with E-state index >= 15 is 0 Å². The largest absolute Gasteiger partial charge is 0.337 e. The third-order valence-electron chi connectivity index (χ3n) is 6.02. The average Bonchev–Trinajstić information content (AvgIpc) is 3.21. The molecule has 9 heteroatoms. The maximum Gasteiger partial charge on any atom is 0.289 e. The van der Waals surface area contributed by atoms with Gasteiger partial charge in [0.15, 0.2) is 5.82 Å². The number of nitrogens with zero attached hydrogens (tertiary/aromatic N) is 5. The topological polar surface area (TPSA) is 117 Å². The Labute approximate surface area is 173 Å². The Morgan fingerprint density at radius 1 is 1.17 bits per heavy atom.